The number of benzene rings is 1. The summed E-state index contributed by atoms with van der Waals surface area (Å²) in [7, 11) is 0. The van der Waals surface area contributed by atoms with E-state index < -0.39 is 0 Å². The van der Waals surface area contributed by atoms with Crippen LogP contribution < -0.4 is 0 Å². The van der Waals surface area contributed by atoms with Gasteiger partial charge in [0, 0.05) is 15.8 Å². The van der Waals surface area contributed by atoms with Gasteiger partial charge >= 0.3 is 0 Å². The van der Waals surface area contributed by atoms with Gasteiger partial charge in [-0.25, -0.2) is 0 Å². The summed E-state index contributed by atoms with van der Waals surface area (Å²) in [6.45, 7) is 1.94. The number of ketones is 1. The van der Waals surface area contributed by atoms with E-state index in [1.807, 2.05) is 36.9 Å². The predicted octanol–water partition coefficient (Wildman–Crippen LogP) is 4.90. The van der Waals surface area contributed by atoms with Crippen molar-refractivity contribution in [1.29, 1.82) is 0 Å². The number of halogens is 1. The second-order valence-corrected chi connectivity index (χ2v) is 6.65. The fourth-order valence-electron chi connectivity index (χ4n) is 2.33. The van der Waals surface area contributed by atoms with Crippen molar-refractivity contribution < 1.29 is 4.79 Å². The van der Waals surface area contributed by atoms with Gasteiger partial charge in [-0.2, -0.15) is 11.8 Å². The highest BCUT2D eigenvalue weighted by molar-refractivity contribution is 8.00. The first-order valence-electron chi connectivity index (χ1n) is 6.58. The van der Waals surface area contributed by atoms with E-state index in [1.165, 1.54) is 32.1 Å². The van der Waals surface area contributed by atoms with Crippen LogP contribution in [0.15, 0.2) is 18.2 Å². The third-order valence-electron chi connectivity index (χ3n) is 3.48. The van der Waals surface area contributed by atoms with Crippen LogP contribution in [-0.2, 0) is 0 Å². The molecular weight excluding hydrogens is 264 g/mol. The second kappa shape index (κ2) is 6.63. The van der Waals surface area contributed by atoms with Crippen LogP contribution in [0.1, 0.15) is 48.0 Å². The van der Waals surface area contributed by atoms with E-state index in [9.17, 15) is 4.79 Å². The Labute approximate surface area is 118 Å². The zero-order valence-corrected chi connectivity index (χ0v) is 12.3. The molecule has 1 saturated carbocycles. The summed E-state index contributed by atoms with van der Waals surface area (Å²) in [6, 6.07) is 5.54. The molecule has 0 amide bonds. The van der Waals surface area contributed by atoms with Gasteiger partial charge in [0.2, 0.25) is 0 Å². The maximum absolute atomic E-state index is 12.1. The normalized spacial score (nSPS) is 16.8. The Bertz CT molecular complexity index is 425. The molecule has 0 aromatic heterocycles. The van der Waals surface area contributed by atoms with Crippen molar-refractivity contribution in [2.75, 3.05) is 5.75 Å². The van der Waals surface area contributed by atoms with Crippen molar-refractivity contribution in [2.24, 2.45) is 0 Å². The van der Waals surface area contributed by atoms with Crippen molar-refractivity contribution in [3.05, 3.63) is 34.3 Å². The Balaban J connectivity index is 1.88. The lowest BCUT2D eigenvalue weighted by molar-refractivity contribution is 0.102. The van der Waals surface area contributed by atoms with Gasteiger partial charge in [-0.1, -0.05) is 30.9 Å². The lowest BCUT2D eigenvalue weighted by Crippen LogP contribution is -2.12. The molecule has 0 radical (unpaired) electrons. The third-order valence-corrected chi connectivity index (χ3v) is 5.28. The monoisotopic (exact) mass is 282 g/mol. The molecule has 18 heavy (non-hydrogen) atoms. The van der Waals surface area contributed by atoms with Crippen LogP contribution in [0, 0.1) is 6.92 Å². The largest absolute Gasteiger partial charge is 0.293 e. The fraction of sp³-hybridized carbons (Fsp3) is 0.533. The molecule has 3 heteroatoms. The van der Waals surface area contributed by atoms with Gasteiger partial charge in [-0.3, -0.25) is 4.79 Å². The van der Waals surface area contributed by atoms with Gasteiger partial charge in [0.05, 0.1) is 5.75 Å². The summed E-state index contributed by atoms with van der Waals surface area (Å²) < 4.78 is 0. The average molecular weight is 283 g/mol. The molecule has 1 aliphatic carbocycles. The van der Waals surface area contributed by atoms with Crippen molar-refractivity contribution in [3.8, 4) is 0 Å². The minimum absolute atomic E-state index is 0.227. The maximum Gasteiger partial charge on any atom is 0.172 e. The van der Waals surface area contributed by atoms with Gasteiger partial charge in [0.1, 0.15) is 0 Å². The van der Waals surface area contributed by atoms with Gasteiger partial charge in [0.25, 0.3) is 0 Å². The van der Waals surface area contributed by atoms with Crippen LogP contribution in [0.5, 0.6) is 0 Å². The first-order valence-corrected chi connectivity index (χ1v) is 8.00. The lowest BCUT2D eigenvalue weighted by atomic mass is 10.0. The molecule has 0 N–H and O–H groups in total. The summed E-state index contributed by atoms with van der Waals surface area (Å²) >= 11 is 7.80. The van der Waals surface area contributed by atoms with Crippen LogP contribution in [0.2, 0.25) is 5.02 Å². The number of carbonyl (C=O) groups is 1. The number of hydrogen-bond donors (Lipinski definition) is 0. The van der Waals surface area contributed by atoms with E-state index in [4.69, 9.17) is 11.6 Å². The molecule has 1 aromatic carbocycles. The Hall–Kier alpha value is -0.470. The number of rotatable bonds is 4. The smallest absolute Gasteiger partial charge is 0.172 e. The summed E-state index contributed by atoms with van der Waals surface area (Å²) in [6.07, 6.45) is 6.56. The van der Waals surface area contributed by atoms with Crippen LogP contribution >= 0.6 is 23.4 Å². The van der Waals surface area contributed by atoms with Gasteiger partial charge in [-0.15, -0.1) is 0 Å². The molecule has 2 rings (SSSR count). The zero-order valence-electron chi connectivity index (χ0n) is 10.7. The Kier molecular flexibility index (Phi) is 5.13. The molecule has 0 unspecified atom stereocenters. The Morgan fingerprint density at radius 3 is 2.72 bits per heavy atom. The highest BCUT2D eigenvalue weighted by Gasteiger charge is 2.16. The van der Waals surface area contributed by atoms with E-state index in [2.05, 4.69) is 0 Å². The average Bonchev–Trinajstić information content (AvgIpc) is 2.40. The van der Waals surface area contributed by atoms with E-state index in [-0.39, 0.29) is 5.78 Å². The molecule has 1 nitrogen and oxygen atoms in total. The quantitative estimate of drug-likeness (QED) is 0.731. The minimum Gasteiger partial charge on any atom is -0.293 e. The minimum atomic E-state index is 0.227. The third kappa shape index (κ3) is 3.76. The van der Waals surface area contributed by atoms with Crippen molar-refractivity contribution in [2.45, 2.75) is 44.3 Å². The zero-order chi connectivity index (χ0) is 13.0. The number of aryl methyl sites for hydroxylation is 1. The molecule has 1 aromatic rings. The molecule has 98 valence electrons. The topological polar surface area (TPSA) is 17.1 Å². The van der Waals surface area contributed by atoms with E-state index >= 15 is 0 Å². The maximum atomic E-state index is 12.1. The first-order chi connectivity index (χ1) is 8.66. The summed E-state index contributed by atoms with van der Waals surface area (Å²) in [5, 5.41) is 1.42. The van der Waals surface area contributed by atoms with Crippen molar-refractivity contribution >= 4 is 29.1 Å². The predicted molar refractivity (Wildman–Crippen MR) is 79.9 cm³/mol. The number of carbonyl (C=O) groups excluding carboxylic acids is 1. The molecule has 1 aliphatic rings. The standard InChI is InChI=1S/C15H19ClOS/c1-11-9-12(7-8-14(11)16)15(17)10-18-13-5-3-2-4-6-13/h7-9,13H,2-6,10H2,1H3. The molecule has 0 aliphatic heterocycles. The highest BCUT2D eigenvalue weighted by Crippen LogP contribution is 2.28. The number of hydrogen-bond acceptors (Lipinski definition) is 2. The summed E-state index contributed by atoms with van der Waals surface area (Å²) in [4.78, 5) is 12.1. The fourth-order valence-corrected chi connectivity index (χ4v) is 3.66. The van der Waals surface area contributed by atoms with Crippen LogP contribution in [0.3, 0.4) is 0 Å². The Morgan fingerprint density at radius 2 is 2.06 bits per heavy atom. The van der Waals surface area contributed by atoms with E-state index in [1.54, 1.807) is 0 Å². The van der Waals surface area contributed by atoms with Gasteiger partial charge < -0.3 is 0 Å². The lowest BCUT2D eigenvalue weighted by Gasteiger charge is -2.20. The van der Waals surface area contributed by atoms with E-state index in [0.29, 0.717) is 11.0 Å². The second-order valence-electron chi connectivity index (χ2n) is 4.96. The van der Waals surface area contributed by atoms with Crippen molar-refractivity contribution in [1.82, 2.24) is 0 Å². The molecule has 0 atom stereocenters. The van der Waals surface area contributed by atoms with Gasteiger partial charge in [0.15, 0.2) is 5.78 Å². The molecule has 0 spiro atoms. The molecule has 0 heterocycles. The summed E-state index contributed by atoms with van der Waals surface area (Å²) in [5.41, 5.74) is 1.77. The van der Waals surface area contributed by atoms with Crippen molar-refractivity contribution in [3.63, 3.8) is 0 Å². The van der Waals surface area contributed by atoms with Gasteiger partial charge in [-0.05, 0) is 43.5 Å². The molecule has 0 bridgehead atoms. The van der Waals surface area contributed by atoms with Crippen LogP contribution in [-0.4, -0.2) is 16.8 Å². The van der Waals surface area contributed by atoms with Crippen LogP contribution in [0.25, 0.3) is 0 Å². The summed E-state index contributed by atoms with van der Waals surface area (Å²) in [5.74, 6) is 0.830. The Morgan fingerprint density at radius 1 is 1.33 bits per heavy atom. The van der Waals surface area contributed by atoms with Crippen LogP contribution in [0.4, 0.5) is 0 Å². The number of Topliss-reactive ketones (excluding diaryl/α,β-unsaturated/α-hetero) is 1. The highest BCUT2D eigenvalue weighted by atomic mass is 35.5. The molecular formula is C15H19ClOS. The van der Waals surface area contributed by atoms with E-state index in [0.717, 1.165) is 16.1 Å². The first kappa shape index (κ1) is 14.0. The number of thioether (sulfide) groups is 1. The molecule has 0 saturated heterocycles. The molecule has 1 fully saturated rings. The SMILES string of the molecule is Cc1cc(C(=O)CSC2CCCCC2)ccc1Cl.